The molecule has 0 heterocycles. The molecule has 130 valence electrons. The monoisotopic (exact) mass is 345 g/mol. The Morgan fingerprint density at radius 3 is 2.64 bits per heavy atom. The third-order valence-corrected chi connectivity index (χ3v) is 4.39. The number of aromatic carboxylic acids is 1. The van der Waals surface area contributed by atoms with Gasteiger partial charge in [-0.1, -0.05) is 18.2 Å². The highest BCUT2D eigenvalue weighted by Crippen LogP contribution is 2.47. The number of rotatable bonds is 6. The molecule has 4 nitrogen and oxygen atoms in total. The molecule has 1 saturated carbocycles. The van der Waals surface area contributed by atoms with E-state index >= 15 is 0 Å². The van der Waals surface area contributed by atoms with Crippen LogP contribution in [-0.2, 0) is 11.2 Å². The first-order valence-electron chi connectivity index (χ1n) is 8.00. The van der Waals surface area contributed by atoms with Crippen molar-refractivity contribution in [3.63, 3.8) is 0 Å². The van der Waals surface area contributed by atoms with Crippen molar-refractivity contribution in [1.82, 2.24) is 5.32 Å². The average molecular weight is 345 g/mol. The minimum Gasteiger partial charge on any atom is -0.478 e. The standard InChI is InChI=1S/C19H17F2NO3/c20-16-5-4-12(9-17(16)21)14-10-15(14)18(23)22-7-6-11-2-1-3-13(8-11)19(24)25/h1-5,8-9,14-15H,6-7,10H2,(H,22,23)(H,24,25). The van der Waals surface area contributed by atoms with E-state index in [1.807, 2.05) is 0 Å². The molecule has 25 heavy (non-hydrogen) atoms. The molecule has 2 N–H and O–H groups in total. The second-order valence-electron chi connectivity index (χ2n) is 6.17. The zero-order chi connectivity index (χ0) is 18.0. The molecule has 2 atom stereocenters. The molecule has 6 heteroatoms. The molecule has 1 fully saturated rings. The molecule has 1 amide bonds. The number of hydrogen-bond donors (Lipinski definition) is 2. The predicted molar refractivity (Wildman–Crippen MR) is 87.3 cm³/mol. The topological polar surface area (TPSA) is 66.4 Å². The van der Waals surface area contributed by atoms with Crippen LogP contribution in [-0.4, -0.2) is 23.5 Å². The molecule has 0 saturated heterocycles. The highest BCUT2D eigenvalue weighted by Gasteiger charge is 2.43. The van der Waals surface area contributed by atoms with Crippen LogP contribution in [0.3, 0.4) is 0 Å². The van der Waals surface area contributed by atoms with Gasteiger partial charge in [-0.25, -0.2) is 13.6 Å². The van der Waals surface area contributed by atoms with E-state index in [2.05, 4.69) is 5.32 Å². The first kappa shape index (κ1) is 17.1. The first-order valence-corrected chi connectivity index (χ1v) is 8.00. The lowest BCUT2D eigenvalue weighted by Crippen LogP contribution is -2.27. The second-order valence-corrected chi connectivity index (χ2v) is 6.17. The summed E-state index contributed by atoms with van der Waals surface area (Å²) < 4.78 is 26.2. The molecule has 1 aliphatic rings. The van der Waals surface area contributed by atoms with Gasteiger partial charge >= 0.3 is 5.97 Å². The Bertz CT molecular complexity index is 822. The predicted octanol–water partition coefficient (Wildman–Crippen LogP) is 3.13. The fourth-order valence-electron chi connectivity index (χ4n) is 2.92. The average Bonchev–Trinajstić information content (AvgIpc) is 3.38. The highest BCUT2D eigenvalue weighted by molar-refractivity contribution is 5.87. The van der Waals surface area contributed by atoms with Gasteiger partial charge in [0.25, 0.3) is 0 Å². The smallest absolute Gasteiger partial charge is 0.335 e. The lowest BCUT2D eigenvalue weighted by Gasteiger charge is -2.06. The molecule has 1 aliphatic carbocycles. The van der Waals surface area contributed by atoms with Gasteiger partial charge in [0.1, 0.15) is 0 Å². The molecular weight excluding hydrogens is 328 g/mol. The molecule has 0 aromatic heterocycles. The van der Waals surface area contributed by atoms with Crippen LogP contribution in [0.5, 0.6) is 0 Å². The van der Waals surface area contributed by atoms with Crippen LogP contribution in [0.15, 0.2) is 42.5 Å². The third kappa shape index (κ3) is 4.02. The zero-order valence-electron chi connectivity index (χ0n) is 13.3. The number of amides is 1. The number of carboxylic acids is 1. The first-order chi connectivity index (χ1) is 12.0. The Kier molecular flexibility index (Phi) is 4.79. The molecule has 2 aromatic rings. The number of carbonyl (C=O) groups excluding carboxylic acids is 1. The second kappa shape index (κ2) is 7.01. The van der Waals surface area contributed by atoms with Gasteiger partial charge in [0.05, 0.1) is 5.56 Å². The van der Waals surface area contributed by atoms with Gasteiger partial charge in [-0.15, -0.1) is 0 Å². The summed E-state index contributed by atoms with van der Waals surface area (Å²) >= 11 is 0. The van der Waals surface area contributed by atoms with E-state index in [0.29, 0.717) is 24.9 Å². The molecule has 2 aromatic carbocycles. The Labute approximate surface area is 143 Å². The number of benzene rings is 2. The number of carbonyl (C=O) groups is 2. The fourth-order valence-corrected chi connectivity index (χ4v) is 2.92. The van der Waals surface area contributed by atoms with Gasteiger partial charge in [-0.2, -0.15) is 0 Å². The molecule has 0 radical (unpaired) electrons. The van der Waals surface area contributed by atoms with E-state index in [0.717, 1.165) is 17.7 Å². The van der Waals surface area contributed by atoms with Crippen molar-refractivity contribution in [1.29, 1.82) is 0 Å². The SMILES string of the molecule is O=C(O)c1cccc(CCNC(=O)C2CC2c2ccc(F)c(F)c2)c1. The van der Waals surface area contributed by atoms with Crippen LogP contribution in [0.2, 0.25) is 0 Å². The van der Waals surface area contributed by atoms with E-state index in [4.69, 9.17) is 5.11 Å². The van der Waals surface area contributed by atoms with Gasteiger partial charge in [0.15, 0.2) is 11.6 Å². The summed E-state index contributed by atoms with van der Waals surface area (Å²) in [6.45, 7) is 0.392. The summed E-state index contributed by atoms with van der Waals surface area (Å²) in [7, 11) is 0. The molecule has 0 aliphatic heterocycles. The summed E-state index contributed by atoms with van der Waals surface area (Å²) in [5, 5.41) is 11.8. The normalized spacial score (nSPS) is 18.6. The fraction of sp³-hybridized carbons (Fsp3) is 0.263. The van der Waals surface area contributed by atoms with Gasteiger partial charge in [-0.3, -0.25) is 4.79 Å². The molecule has 0 spiro atoms. The third-order valence-electron chi connectivity index (χ3n) is 4.39. The van der Waals surface area contributed by atoms with Crippen molar-refractivity contribution >= 4 is 11.9 Å². The zero-order valence-corrected chi connectivity index (χ0v) is 13.3. The summed E-state index contributed by atoms with van der Waals surface area (Å²) in [5.74, 6) is -3.21. The Hall–Kier alpha value is -2.76. The highest BCUT2D eigenvalue weighted by atomic mass is 19.2. The quantitative estimate of drug-likeness (QED) is 0.845. The minimum absolute atomic E-state index is 0.0783. The summed E-state index contributed by atoms with van der Waals surface area (Å²) in [6.07, 6.45) is 1.14. The van der Waals surface area contributed by atoms with Crippen molar-refractivity contribution in [2.75, 3.05) is 6.54 Å². The molecule has 2 unspecified atom stereocenters. The number of hydrogen-bond acceptors (Lipinski definition) is 2. The van der Waals surface area contributed by atoms with E-state index in [9.17, 15) is 18.4 Å². The van der Waals surface area contributed by atoms with Crippen molar-refractivity contribution in [3.05, 3.63) is 70.8 Å². The van der Waals surface area contributed by atoms with Gasteiger partial charge in [0, 0.05) is 12.5 Å². The van der Waals surface area contributed by atoms with Crippen molar-refractivity contribution in [2.45, 2.75) is 18.8 Å². The minimum atomic E-state index is -0.988. The van der Waals surface area contributed by atoms with Crippen molar-refractivity contribution in [3.8, 4) is 0 Å². The Morgan fingerprint density at radius 1 is 1.12 bits per heavy atom. The van der Waals surface area contributed by atoms with E-state index in [1.54, 1.807) is 18.2 Å². The number of nitrogens with one attached hydrogen (secondary N) is 1. The lowest BCUT2D eigenvalue weighted by molar-refractivity contribution is -0.122. The summed E-state index contributed by atoms with van der Waals surface area (Å²) in [6, 6.07) is 10.3. The maximum absolute atomic E-state index is 13.3. The van der Waals surface area contributed by atoms with Crippen LogP contribution in [0.25, 0.3) is 0 Å². The van der Waals surface area contributed by atoms with Crippen molar-refractivity contribution < 1.29 is 23.5 Å². The summed E-state index contributed by atoms with van der Waals surface area (Å²) in [4.78, 5) is 23.1. The van der Waals surface area contributed by atoms with Crippen LogP contribution in [0, 0.1) is 17.6 Å². The lowest BCUT2D eigenvalue weighted by atomic mass is 10.1. The van der Waals surface area contributed by atoms with E-state index in [-0.39, 0.29) is 23.3 Å². The Morgan fingerprint density at radius 2 is 1.92 bits per heavy atom. The summed E-state index contributed by atoms with van der Waals surface area (Å²) in [5.41, 5.74) is 1.67. The van der Waals surface area contributed by atoms with Crippen LogP contribution >= 0.6 is 0 Å². The van der Waals surface area contributed by atoms with E-state index in [1.165, 1.54) is 12.1 Å². The van der Waals surface area contributed by atoms with Gasteiger partial charge < -0.3 is 10.4 Å². The maximum atomic E-state index is 13.3. The van der Waals surface area contributed by atoms with Crippen molar-refractivity contribution in [2.24, 2.45) is 5.92 Å². The largest absolute Gasteiger partial charge is 0.478 e. The molecule has 0 bridgehead atoms. The molecule has 3 rings (SSSR count). The molecular formula is C19H17F2NO3. The van der Waals surface area contributed by atoms with Crippen LogP contribution in [0.4, 0.5) is 8.78 Å². The van der Waals surface area contributed by atoms with Crippen LogP contribution in [0.1, 0.15) is 33.8 Å². The Balaban J connectivity index is 1.50. The van der Waals surface area contributed by atoms with Gasteiger partial charge in [-0.05, 0) is 54.2 Å². The van der Waals surface area contributed by atoms with Gasteiger partial charge in [0.2, 0.25) is 5.91 Å². The van der Waals surface area contributed by atoms with E-state index < -0.39 is 17.6 Å². The maximum Gasteiger partial charge on any atom is 0.335 e. The van der Waals surface area contributed by atoms with Crippen LogP contribution < -0.4 is 5.32 Å². The number of carboxylic acid groups (broad SMARTS) is 1. The number of halogens is 2.